The molecule has 0 aliphatic heterocycles. The summed E-state index contributed by atoms with van der Waals surface area (Å²) >= 11 is 1.46. The van der Waals surface area contributed by atoms with Gasteiger partial charge in [-0.15, -0.1) is 0 Å². The lowest BCUT2D eigenvalue weighted by Gasteiger charge is -2.20. The van der Waals surface area contributed by atoms with E-state index in [1.165, 1.54) is 16.9 Å². The Kier molecular flexibility index (Phi) is 7.20. The van der Waals surface area contributed by atoms with Gasteiger partial charge in [0.1, 0.15) is 0 Å². The van der Waals surface area contributed by atoms with Gasteiger partial charge in [0.15, 0.2) is 15.0 Å². The molecule has 0 fully saturated rings. The van der Waals surface area contributed by atoms with Crippen LogP contribution in [0.2, 0.25) is 0 Å². The van der Waals surface area contributed by atoms with Crippen LogP contribution in [0.3, 0.4) is 0 Å². The lowest BCUT2D eigenvalue weighted by atomic mass is 10.2. The maximum atomic E-state index is 13.3. The van der Waals surface area contributed by atoms with E-state index in [1.54, 1.807) is 17.0 Å². The highest BCUT2D eigenvalue weighted by Gasteiger charge is 2.23. The molecule has 7 heteroatoms. The largest absolute Gasteiger partial charge is 0.284 e. The number of carbonyl (C=O) groups excluding carboxylic acids is 1. The van der Waals surface area contributed by atoms with E-state index in [4.69, 9.17) is 4.98 Å². The van der Waals surface area contributed by atoms with Crippen LogP contribution in [0, 0.1) is 0 Å². The molecule has 0 radical (unpaired) electrons. The summed E-state index contributed by atoms with van der Waals surface area (Å²) in [6, 6.07) is 24.9. The number of aromatic nitrogens is 1. The molecule has 0 aliphatic rings. The molecule has 0 unspecified atom stereocenters. The maximum absolute atomic E-state index is 13.3. The molecule has 5 nitrogen and oxygen atoms in total. The fraction of sp³-hybridized carbons (Fsp3) is 0.231. The number of fused-ring (bicyclic) bond motifs is 1. The highest BCUT2D eigenvalue weighted by atomic mass is 32.2. The van der Waals surface area contributed by atoms with Crippen molar-refractivity contribution in [2.24, 2.45) is 0 Å². The van der Waals surface area contributed by atoms with Gasteiger partial charge >= 0.3 is 0 Å². The monoisotopic (exact) mass is 478 g/mol. The molecule has 0 saturated heterocycles. The Morgan fingerprint density at radius 1 is 0.909 bits per heavy atom. The third kappa shape index (κ3) is 6.06. The average molecular weight is 479 g/mol. The van der Waals surface area contributed by atoms with Gasteiger partial charge in [-0.2, -0.15) is 0 Å². The van der Waals surface area contributed by atoms with Gasteiger partial charge in [0.05, 0.1) is 28.3 Å². The number of thiazole rings is 1. The van der Waals surface area contributed by atoms with Crippen molar-refractivity contribution in [2.75, 3.05) is 10.7 Å². The fourth-order valence-corrected chi connectivity index (χ4v) is 5.97. The van der Waals surface area contributed by atoms with Crippen molar-refractivity contribution in [2.45, 2.75) is 32.1 Å². The minimum atomic E-state index is -3.42. The Morgan fingerprint density at radius 3 is 2.24 bits per heavy atom. The van der Waals surface area contributed by atoms with Crippen LogP contribution in [-0.4, -0.2) is 25.1 Å². The van der Waals surface area contributed by atoms with Gasteiger partial charge in [-0.1, -0.05) is 85.0 Å². The van der Waals surface area contributed by atoms with Crippen LogP contribution in [0.1, 0.15) is 30.0 Å². The molecular formula is C26H26N2O3S2. The molecular weight excluding hydrogens is 452 g/mol. The second-order valence-electron chi connectivity index (χ2n) is 7.95. The van der Waals surface area contributed by atoms with Crippen molar-refractivity contribution in [3.05, 3.63) is 95.6 Å². The molecule has 0 atom stereocenters. The number of sulfone groups is 1. The zero-order valence-corrected chi connectivity index (χ0v) is 20.1. The van der Waals surface area contributed by atoms with Crippen molar-refractivity contribution in [1.82, 2.24) is 4.98 Å². The van der Waals surface area contributed by atoms with E-state index in [0.29, 0.717) is 11.7 Å². The Morgan fingerprint density at radius 2 is 1.58 bits per heavy atom. The molecule has 4 rings (SSSR count). The highest BCUT2D eigenvalue weighted by Crippen LogP contribution is 2.31. The van der Waals surface area contributed by atoms with Crippen LogP contribution in [0.5, 0.6) is 0 Å². The van der Waals surface area contributed by atoms with Crippen LogP contribution >= 0.6 is 11.3 Å². The summed E-state index contributed by atoms with van der Waals surface area (Å²) in [7, 11) is -3.42. The second-order valence-corrected chi connectivity index (χ2v) is 11.1. The standard InChI is InChI=1S/C26H26N2O3S2/c1-2-20-13-14-23-24(17-20)32-26(27-23)28(18-21-9-5-3-6-10-21)25(29)15-16-33(30,31)19-22-11-7-4-8-12-22/h3-14,17H,2,15-16,18-19H2,1H3. The first kappa shape index (κ1) is 23.1. The molecule has 0 aliphatic carbocycles. The molecule has 1 aromatic heterocycles. The minimum Gasteiger partial charge on any atom is -0.284 e. The summed E-state index contributed by atoms with van der Waals surface area (Å²) in [5, 5.41) is 0.590. The molecule has 0 N–H and O–H groups in total. The van der Waals surface area contributed by atoms with Crippen LogP contribution in [-0.2, 0) is 33.4 Å². The van der Waals surface area contributed by atoms with Gasteiger partial charge < -0.3 is 0 Å². The number of amides is 1. The maximum Gasteiger partial charge on any atom is 0.230 e. The van der Waals surface area contributed by atoms with Crippen LogP contribution in [0.4, 0.5) is 5.13 Å². The quantitative estimate of drug-likeness (QED) is 0.323. The molecule has 0 spiro atoms. The predicted octanol–water partition coefficient (Wildman–Crippen LogP) is 5.40. The summed E-state index contributed by atoms with van der Waals surface area (Å²) < 4.78 is 26.3. The number of anilines is 1. The first-order chi connectivity index (χ1) is 15.9. The number of benzene rings is 3. The van der Waals surface area contributed by atoms with E-state index in [2.05, 4.69) is 13.0 Å². The Balaban J connectivity index is 1.56. The summed E-state index contributed by atoms with van der Waals surface area (Å²) in [6.07, 6.45) is 0.841. The third-order valence-electron chi connectivity index (χ3n) is 5.42. The topological polar surface area (TPSA) is 67.3 Å². The smallest absolute Gasteiger partial charge is 0.230 e. The summed E-state index contributed by atoms with van der Waals surface area (Å²) in [4.78, 5) is 19.6. The molecule has 3 aromatic carbocycles. The predicted molar refractivity (Wildman–Crippen MR) is 135 cm³/mol. The SMILES string of the molecule is CCc1ccc2nc(N(Cc3ccccc3)C(=O)CCS(=O)(=O)Cc3ccccc3)sc2c1. The third-order valence-corrected chi connectivity index (χ3v) is 8.06. The van der Waals surface area contributed by atoms with Crippen LogP contribution in [0.15, 0.2) is 78.9 Å². The molecule has 170 valence electrons. The van der Waals surface area contributed by atoms with Gasteiger partial charge in [-0.05, 0) is 35.2 Å². The van der Waals surface area contributed by atoms with E-state index < -0.39 is 9.84 Å². The van der Waals surface area contributed by atoms with E-state index in [-0.39, 0.29) is 23.8 Å². The van der Waals surface area contributed by atoms with Crippen molar-refractivity contribution in [1.29, 1.82) is 0 Å². The first-order valence-electron chi connectivity index (χ1n) is 10.9. The van der Waals surface area contributed by atoms with Crippen molar-refractivity contribution >= 4 is 42.4 Å². The van der Waals surface area contributed by atoms with E-state index >= 15 is 0 Å². The minimum absolute atomic E-state index is 0.0687. The molecule has 0 saturated carbocycles. The molecule has 4 aromatic rings. The molecule has 1 amide bonds. The molecule has 1 heterocycles. The first-order valence-corrected chi connectivity index (χ1v) is 13.6. The number of rotatable bonds is 9. The van der Waals surface area contributed by atoms with Gasteiger partial charge in [-0.25, -0.2) is 13.4 Å². The van der Waals surface area contributed by atoms with E-state index in [9.17, 15) is 13.2 Å². The zero-order valence-electron chi connectivity index (χ0n) is 18.5. The summed E-state index contributed by atoms with van der Waals surface area (Å²) in [6.45, 7) is 2.45. The Labute approximate surface area is 198 Å². The summed E-state index contributed by atoms with van der Waals surface area (Å²) in [5.74, 6) is -0.511. The second kappa shape index (κ2) is 10.3. The van der Waals surface area contributed by atoms with Gasteiger partial charge in [0.25, 0.3) is 0 Å². The fourth-order valence-electron chi connectivity index (χ4n) is 3.60. The Hall–Kier alpha value is -3.03. The lowest BCUT2D eigenvalue weighted by molar-refractivity contribution is -0.118. The normalized spacial score (nSPS) is 11.5. The van der Waals surface area contributed by atoms with E-state index in [1.807, 2.05) is 60.7 Å². The number of hydrogen-bond acceptors (Lipinski definition) is 5. The van der Waals surface area contributed by atoms with Gasteiger partial charge in [0.2, 0.25) is 5.91 Å². The van der Waals surface area contributed by atoms with Crippen molar-refractivity contribution < 1.29 is 13.2 Å². The summed E-state index contributed by atoms with van der Waals surface area (Å²) in [5.41, 5.74) is 3.75. The van der Waals surface area contributed by atoms with Crippen LogP contribution in [0.25, 0.3) is 10.2 Å². The van der Waals surface area contributed by atoms with Crippen LogP contribution < -0.4 is 4.90 Å². The number of carbonyl (C=O) groups is 1. The lowest BCUT2D eigenvalue weighted by Crippen LogP contribution is -2.31. The number of aryl methyl sites for hydroxylation is 1. The van der Waals surface area contributed by atoms with E-state index in [0.717, 1.165) is 27.8 Å². The van der Waals surface area contributed by atoms with Crippen molar-refractivity contribution in [3.8, 4) is 0 Å². The zero-order chi connectivity index (χ0) is 23.3. The van der Waals surface area contributed by atoms with Gasteiger partial charge in [0, 0.05) is 6.42 Å². The molecule has 0 bridgehead atoms. The number of hydrogen-bond donors (Lipinski definition) is 0. The Bertz CT molecular complexity index is 1330. The molecule has 33 heavy (non-hydrogen) atoms. The highest BCUT2D eigenvalue weighted by molar-refractivity contribution is 7.90. The van der Waals surface area contributed by atoms with Crippen molar-refractivity contribution in [3.63, 3.8) is 0 Å². The van der Waals surface area contributed by atoms with Gasteiger partial charge in [-0.3, -0.25) is 9.69 Å². The number of nitrogens with zero attached hydrogens (tertiary/aromatic N) is 2. The average Bonchev–Trinajstić information content (AvgIpc) is 3.25.